The van der Waals surface area contributed by atoms with Crippen LogP contribution in [0.25, 0.3) is 33.5 Å². The van der Waals surface area contributed by atoms with Gasteiger partial charge in [0.15, 0.2) is 0 Å². The Morgan fingerprint density at radius 3 is 2.62 bits per heavy atom. The molecule has 0 N–H and O–H groups in total. The molecule has 0 aliphatic rings. The van der Waals surface area contributed by atoms with E-state index in [0.717, 1.165) is 45.7 Å². The molecule has 1 atom stereocenters. The van der Waals surface area contributed by atoms with Crippen molar-refractivity contribution >= 4 is 11.0 Å². The van der Waals surface area contributed by atoms with Crippen LogP contribution in [0.2, 0.25) is 0 Å². The number of aromatic nitrogens is 6. The molecular weight excluding hydrogens is 364 g/mol. The summed E-state index contributed by atoms with van der Waals surface area (Å²) in [6.07, 6.45) is 7.85. The van der Waals surface area contributed by atoms with E-state index in [1.54, 1.807) is 18.6 Å². The second-order valence-electron chi connectivity index (χ2n) is 6.93. The molecule has 0 radical (unpaired) electrons. The highest BCUT2D eigenvalue weighted by Crippen LogP contribution is 2.34. The third-order valence-electron chi connectivity index (χ3n) is 4.96. The Bertz CT molecular complexity index is 1250. The Kier molecular flexibility index (Phi) is 4.32. The quantitative estimate of drug-likeness (QED) is 0.449. The number of imidazole rings is 1. The third-order valence-corrected chi connectivity index (χ3v) is 4.96. The summed E-state index contributed by atoms with van der Waals surface area (Å²) in [6.45, 7) is 2.16. The van der Waals surface area contributed by atoms with Crippen molar-refractivity contribution in [3.63, 3.8) is 0 Å². The zero-order chi connectivity index (χ0) is 19.6. The van der Waals surface area contributed by atoms with Crippen LogP contribution in [-0.4, -0.2) is 29.8 Å². The van der Waals surface area contributed by atoms with E-state index >= 15 is 0 Å². The minimum atomic E-state index is 0.137. The smallest absolute Gasteiger partial charge is 0.135 e. The number of hydrogen-bond acceptors (Lipinski definition) is 6. The van der Waals surface area contributed by atoms with Gasteiger partial charge in [-0.05, 0) is 29.4 Å². The van der Waals surface area contributed by atoms with E-state index in [1.165, 1.54) is 0 Å². The number of benzene rings is 2. The molecule has 29 heavy (non-hydrogen) atoms. The summed E-state index contributed by atoms with van der Waals surface area (Å²) >= 11 is 0. The van der Waals surface area contributed by atoms with E-state index in [1.807, 2.05) is 42.7 Å². The van der Waals surface area contributed by atoms with E-state index in [0.29, 0.717) is 0 Å². The fourth-order valence-corrected chi connectivity index (χ4v) is 3.55. The van der Waals surface area contributed by atoms with Crippen molar-refractivity contribution in [3.05, 3.63) is 79.1 Å². The van der Waals surface area contributed by atoms with Crippen molar-refractivity contribution in [1.29, 1.82) is 0 Å². The summed E-state index contributed by atoms with van der Waals surface area (Å²) < 4.78 is 7.06. The van der Waals surface area contributed by atoms with Crippen molar-refractivity contribution in [2.75, 3.05) is 0 Å². The molecule has 7 nitrogen and oxygen atoms in total. The van der Waals surface area contributed by atoms with E-state index in [-0.39, 0.29) is 6.04 Å². The highest BCUT2D eigenvalue weighted by molar-refractivity contribution is 5.85. The molecule has 0 saturated heterocycles. The first-order chi connectivity index (χ1) is 14.3. The molecule has 0 saturated carbocycles. The Balaban J connectivity index is 1.64. The minimum absolute atomic E-state index is 0.137. The van der Waals surface area contributed by atoms with E-state index in [4.69, 9.17) is 9.61 Å². The van der Waals surface area contributed by atoms with Crippen molar-refractivity contribution in [1.82, 2.24) is 29.8 Å². The lowest BCUT2D eigenvalue weighted by molar-refractivity contribution is 0.315. The van der Waals surface area contributed by atoms with Crippen molar-refractivity contribution in [2.45, 2.75) is 19.4 Å². The lowest BCUT2D eigenvalue weighted by Gasteiger charge is -2.17. The predicted octanol–water partition coefficient (Wildman–Crippen LogP) is 4.35. The van der Waals surface area contributed by atoms with Crippen LogP contribution >= 0.6 is 0 Å². The van der Waals surface area contributed by atoms with Gasteiger partial charge in [0.25, 0.3) is 0 Å². The van der Waals surface area contributed by atoms with Crippen LogP contribution in [0.3, 0.4) is 0 Å². The minimum Gasteiger partial charge on any atom is -0.327 e. The highest BCUT2D eigenvalue weighted by Gasteiger charge is 2.20. The number of fused-ring (bicyclic) bond motifs is 1. The zero-order valence-corrected chi connectivity index (χ0v) is 15.8. The van der Waals surface area contributed by atoms with Gasteiger partial charge in [-0.2, -0.15) is 0 Å². The van der Waals surface area contributed by atoms with Gasteiger partial charge >= 0.3 is 0 Å². The SMILES string of the molecule is C[C@H](Cc1cnccn1)n1cnc(-c2ccccc2)c1-c1ccc2nonc2c1. The summed E-state index contributed by atoms with van der Waals surface area (Å²) in [5.74, 6) is 0. The number of rotatable bonds is 5. The van der Waals surface area contributed by atoms with Crippen LogP contribution in [-0.2, 0) is 6.42 Å². The van der Waals surface area contributed by atoms with Gasteiger partial charge in [0.05, 0.1) is 23.4 Å². The molecule has 0 aliphatic carbocycles. The number of hydrogen-bond donors (Lipinski definition) is 0. The highest BCUT2D eigenvalue weighted by atomic mass is 16.6. The molecule has 5 rings (SSSR count). The first-order valence-corrected chi connectivity index (χ1v) is 9.39. The summed E-state index contributed by atoms with van der Waals surface area (Å²) in [6, 6.07) is 16.3. The third kappa shape index (κ3) is 3.27. The summed E-state index contributed by atoms with van der Waals surface area (Å²) in [5.41, 5.74) is 6.41. The van der Waals surface area contributed by atoms with Gasteiger partial charge in [0.2, 0.25) is 0 Å². The van der Waals surface area contributed by atoms with Crippen LogP contribution in [0, 0.1) is 0 Å². The average Bonchev–Trinajstić information content (AvgIpc) is 3.41. The summed E-state index contributed by atoms with van der Waals surface area (Å²) in [7, 11) is 0. The van der Waals surface area contributed by atoms with E-state index in [2.05, 4.69) is 43.9 Å². The molecule has 2 aromatic carbocycles. The van der Waals surface area contributed by atoms with Gasteiger partial charge < -0.3 is 4.57 Å². The van der Waals surface area contributed by atoms with Gasteiger partial charge in [-0.15, -0.1) is 0 Å². The molecule has 0 amide bonds. The standard InChI is InChI=1S/C22H18N6O/c1-15(11-18-13-23-9-10-24-18)28-14-25-21(16-5-3-2-4-6-16)22(28)17-7-8-19-20(12-17)27-29-26-19/h2-10,12-15H,11H2,1H3/t15-/m1/s1. The first kappa shape index (κ1) is 17.2. The molecule has 142 valence electrons. The van der Waals surface area contributed by atoms with Gasteiger partial charge in [0.1, 0.15) is 11.0 Å². The Morgan fingerprint density at radius 2 is 1.79 bits per heavy atom. The molecule has 3 heterocycles. The van der Waals surface area contributed by atoms with Crippen molar-refractivity contribution in [2.24, 2.45) is 0 Å². The zero-order valence-electron chi connectivity index (χ0n) is 15.8. The summed E-state index contributed by atoms with van der Waals surface area (Å²) in [4.78, 5) is 13.4. The average molecular weight is 382 g/mol. The van der Waals surface area contributed by atoms with Gasteiger partial charge in [-0.25, -0.2) is 9.61 Å². The maximum atomic E-state index is 4.87. The molecule has 3 aromatic heterocycles. The Labute approximate surface area is 167 Å². The molecule has 0 bridgehead atoms. The molecule has 0 fully saturated rings. The van der Waals surface area contributed by atoms with Gasteiger partial charge in [-0.1, -0.05) is 36.4 Å². The Hall–Kier alpha value is -3.87. The predicted molar refractivity (Wildman–Crippen MR) is 109 cm³/mol. The van der Waals surface area contributed by atoms with Crippen LogP contribution < -0.4 is 0 Å². The maximum absolute atomic E-state index is 4.87. The first-order valence-electron chi connectivity index (χ1n) is 9.39. The van der Waals surface area contributed by atoms with Crippen LogP contribution in [0.4, 0.5) is 0 Å². The Morgan fingerprint density at radius 1 is 0.931 bits per heavy atom. The fraction of sp³-hybridized carbons (Fsp3) is 0.136. The van der Waals surface area contributed by atoms with Crippen molar-refractivity contribution < 1.29 is 4.63 Å². The second kappa shape index (κ2) is 7.27. The molecule has 0 unspecified atom stereocenters. The fourth-order valence-electron chi connectivity index (χ4n) is 3.55. The number of nitrogens with zero attached hydrogens (tertiary/aromatic N) is 6. The molecular formula is C22H18N6O. The van der Waals surface area contributed by atoms with Crippen molar-refractivity contribution in [3.8, 4) is 22.5 Å². The summed E-state index contributed by atoms with van der Waals surface area (Å²) in [5, 5.41) is 7.91. The molecule has 0 spiro atoms. The molecule has 0 aliphatic heterocycles. The van der Waals surface area contributed by atoms with E-state index in [9.17, 15) is 0 Å². The second-order valence-corrected chi connectivity index (χ2v) is 6.93. The monoisotopic (exact) mass is 382 g/mol. The largest absolute Gasteiger partial charge is 0.327 e. The topological polar surface area (TPSA) is 82.5 Å². The van der Waals surface area contributed by atoms with E-state index < -0.39 is 0 Å². The maximum Gasteiger partial charge on any atom is 0.135 e. The molecule has 5 aromatic rings. The van der Waals surface area contributed by atoms with Crippen LogP contribution in [0.1, 0.15) is 18.7 Å². The van der Waals surface area contributed by atoms with Gasteiger partial charge in [-0.3, -0.25) is 9.97 Å². The normalized spacial score (nSPS) is 12.3. The van der Waals surface area contributed by atoms with Crippen LogP contribution in [0.15, 0.2) is 78.1 Å². The van der Waals surface area contributed by atoms with Crippen LogP contribution in [0.5, 0.6) is 0 Å². The van der Waals surface area contributed by atoms with Gasteiger partial charge in [0, 0.05) is 42.2 Å². The molecule has 7 heteroatoms. The lowest BCUT2D eigenvalue weighted by atomic mass is 10.0. The lowest BCUT2D eigenvalue weighted by Crippen LogP contribution is -2.10.